The van der Waals surface area contributed by atoms with Gasteiger partial charge in [0.25, 0.3) is 10.0 Å². The molecule has 1 fully saturated rings. The first-order valence-electron chi connectivity index (χ1n) is 6.35. The fraction of sp³-hybridized carbons (Fsp3) is 0.583. The van der Waals surface area contributed by atoms with Gasteiger partial charge in [0.2, 0.25) is 5.03 Å². The predicted molar refractivity (Wildman–Crippen MR) is 69.6 cm³/mol. The van der Waals surface area contributed by atoms with Crippen LogP contribution in [0.2, 0.25) is 0 Å². The largest absolute Gasteiger partial charge is 0.303 e. The number of nitrogens with one attached hydrogen (secondary N) is 1. The number of sulfonamides is 1. The Morgan fingerprint density at radius 3 is 3.00 bits per heavy atom. The highest BCUT2D eigenvalue weighted by molar-refractivity contribution is 7.89. The van der Waals surface area contributed by atoms with Gasteiger partial charge in [-0.1, -0.05) is 6.92 Å². The summed E-state index contributed by atoms with van der Waals surface area (Å²) in [6.45, 7) is 5.24. The summed E-state index contributed by atoms with van der Waals surface area (Å²) in [7, 11) is -3.86. The van der Waals surface area contributed by atoms with Gasteiger partial charge >= 0.3 is 0 Å². The number of rotatable bonds is 5. The number of nitrogens with zero attached hydrogens (tertiary/aromatic N) is 2. The second-order valence-electron chi connectivity index (χ2n) is 4.69. The van der Waals surface area contributed by atoms with Crippen molar-refractivity contribution in [3.63, 3.8) is 0 Å². The van der Waals surface area contributed by atoms with Crippen molar-refractivity contribution in [1.29, 1.82) is 0 Å². The van der Waals surface area contributed by atoms with Gasteiger partial charge in [0.15, 0.2) is 5.82 Å². The van der Waals surface area contributed by atoms with E-state index in [-0.39, 0.29) is 5.92 Å². The van der Waals surface area contributed by atoms with Gasteiger partial charge in [-0.25, -0.2) is 22.5 Å². The van der Waals surface area contributed by atoms with Crippen LogP contribution in [0.4, 0.5) is 4.39 Å². The lowest BCUT2D eigenvalue weighted by Gasteiger charge is -2.13. The van der Waals surface area contributed by atoms with E-state index in [1.54, 1.807) is 0 Å². The summed E-state index contributed by atoms with van der Waals surface area (Å²) in [5.41, 5.74) is 0. The van der Waals surface area contributed by atoms with E-state index in [1.807, 2.05) is 0 Å². The fourth-order valence-electron chi connectivity index (χ4n) is 2.23. The van der Waals surface area contributed by atoms with Gasteiger partial charge in [0, 0.05) is 19.3 Å². The Kier molecular flexibility index (Phi) is 4.49. The normalized spacial score (nSPS) is 20.8. The van der Waals surface area contributed by atoms with Crippen molar-refractivity contribution < 1.29 is 12.8 Å². The first-order chi connectivity index (χ1) is 9.03. The summed E-state index contributed by atoms with van der Waals surface area (Å²) in [6, 6.07) is 2.46. The molecule has 1 aliphatic heterocycles. The number of pyridine rings is 1. The molecule has 2 rings (SSSR count). The number of hydrogen-bond acceptors (Lipinski definition) is 4. The minimum Gasteiger partial charge on any atom is -0.303 e. The topological polar surface area (TPSA) is 62.3 Å². The van der Waals surface area contributed by atoms with E-state index in [1.165, 1.54) is 12.3 Å². The molecule has 0 radical (unpaired) electrons. The Bertz CT molecular complexity index is 536. The Labute approximate surface area is 112 Å². The molecule has 0 aliphatic carbocycles. The molecule has 19 heavy (non-hydrogen) atoms. The zero-order valence-electron chi connectivity index (χ0n) is 10.8. The van der Waals surface area contributed by atoms with Gasteiger partial charge in [-0.2, -0.15) is 0 Å². The lowest BCUT2D eigenvalue weighted by molar-refractivity contribution is 0.342. The van der Waals surface area contributed by atoms with E-state index >= 15 is 0 Å². The molecular weight excluding hydrogens is 269 g/mol. The lowest BCUT2D eigenvalue weighted by Crippen LogP contribution is -2.32. The average Bonchev–Trinajstić information content (AvgIpc) is 2.85. The van der Waals surface area contributed by atoms with Crippen LogP contribution in [0.1, 0.15) is 13.3 Å². The summed E-state index contributed by atoms with van der Waals surface area (Å²) in [5.74, 6) is -0.543. The highest BCUT2D eigenvalue weighted by Crippen LogP contribution is 2.16. The van der Waals surface area contributed by atoms with Crippen LogP contribution in [-0.4, -0.2) is 44.5 Å². The van der Waals surface area contributed by atoms with Crippen molar-refractivity contribution >= 4 is 10.0 Å². The lowest BCUT2D eigenvalue weighted by atomic mass is 10.1. The smallest absolute Gasteiger partial charge is 0.261 e. The third kappa shape index (κ3) is 3.49. The van der Waals surface area contributed by atoms with E-state index in [2.05, 4.69) is 21.5 Å². The van der Waals surface area contributed by atoms with Crippen LogP contribution in [0.15, 0.2) is 23.4 Å². The molecule has 0 aromatic carbocycles. The van der Waals surface area contributed by atoms with Crippen molar-refractivity contribution in [2.24, 2.45) is 5.92 Å². The molecule has 0 bridgehead atoms. The monoisotopic (exact) mass is 287 g/mol. The van der Waals surface area contributed by atoms with Gasteiger partial charge in [0.1, 0.15) is 0 Å². The van der Waals surface area contributed by atoms with E-state index in [0.717, 1.165) is 32.1 Å². The molecule has 1 N–H and O–H groups in total. The van der Waals surface area contributed by atoms with Gasteiger partial charge in [-0.05, 0) is 37.6 Å². The molecule has 0 saturated carbocycles. The maximum absolute atomic E-state index is 13.4. The van der Waals surface area contributed by atoms with E-state index in [4.69, 9.17) is 0 Å². The molecule has 5 nitrogen and oxygen atoms in total. The minimum atomic E-state index is -3.86. The SMILES string of the molecule is CCN1CCC(CNS(=O)(=O)c2ncccc2F)C1. The van der Waals surface area contributed by atoms with Crippen LogP contribution >= 0.6 is 0 Å². The molecule has 1 saturated heterocycles. The first kappa shape index (κ1) is 14.4. The van der Waals surface area contributed by atoms with Crippen LogP contribution in [-0.2, 0) is 10.0 Å². The van der Waals surface area contributed by atoms with E-state index < -0.39 is 20.9 Å². The average molecular weight is 287 g/mol. The molecule has 0 spiro atoms. The van der Waals surface area contributed by atoms with Gasteiger partial charge in [-0.15, -0.1) is 0 Å². The highest BCUT2D eigenvalue weighted by Gasteiger charge is 2.25. The summed E-state index contributed by atoms with van der Waals surface area (Å²) in [4.78, 5) is 5.85. The van der Waals surface area contributed by atoms with Gasteiger partial charge in [-0.3, -0.25) is 0 Å². The quantitative estimate of drug-likeness (QED) is 0.872. The maximum atomic E-state index is 13.4. The van der Waals surface area contributed by atoms with Crippen LogP contribution in [0, 0.1) is 11.7 Å². The molecule has 2 heterocycles. The van der Waals surface area contributed by atoms with Gasteiger partial charge < -0.3 is 4.90 Å². The Morgan fingerprint density at radius 1 is 1.58 bits per heavy atom. The molecule has 1 atom stereocenters. The van der Waals surface area contributed by atoms with Crippen molar-refractivity contribution in [3.05, 3.63) is 24.1 Å². The summed E-state index contributed by atoms with van der Waals surface area (Å²) >= 11 is 0. The number of likely N-dealkylation sites (tertiary alicyclic amines) is 1. The third-order valence-corrected chi connectivity index (χ3v) is 4.71. The van der Waals surface area contributed by atoms with Crippen molar-refractivity contribution in [2.45, 2.75) is 18.4 Å². The summed E-state index contributed by atoms with van der Waals surface area (Å²) in [5, 5.41) is -0.527. The van der Waals surface area contributed by atoms with Crippen molar-refractivity contribution in [1.82, 2.24) is 14.6 Å². The Morgan fingerprint density at radius 2 is 2.37 bits per heavy atom. The minimum absolute atomic E-state index is 0.279. The molecule has 1 aromatic rings. The van der Waals surface area contributed by atoms with E-state index in [0.29, 0.717) is 6.54 Å². The van der Waals surface area contributed by atoms with Crippen LogP contribution in [0.5, 0.6) is 0 Å². The van der Waals surface area contributed by atoms with Crippen LogP contribution in [0.25, 0.3) is 0 Å². The Hall–Kier alpha value is -1.05. The van der Waals surface area contributed by atoms with Crippen molar-refractivity contribution in [2.75, 3.05) is 26.2 Å². The predicted octanol–water partition coefficient (Wildman–Crippen LogP) is 0.841. The fourth-order valence-corrected chi connectivity index (χ4v) is 3.35. The number of aromatic nitrogens is 1. The number of hydrogen-bond donors (Lipinski definition) is 1. The van der Waals surface area contributed by atoms with Gasteiger partial charge in [0.05, 0.1) is 0 Å². The molecule has 0 amide bonds. The summed E-state index contributed by atoms with van der Waals surface area (Å²) in [6.07, 6.45) is 2.23. The first-order valence-corrected chi connectivity index (χ1v) is 7.83. The molecule has 106 valence electrons. The summed E-state index contributed by atoms with van der Waals surface area (Å²) < 4.78 is 39.7. The maximum Gasteiger partial charge on any atom is 0.261 e. The zero-order valence-corrected chi connectivity index (χ0v) is 11.7. The molecule has 1 unspecified atom stereocenters. The molecule has 1 aliphatic rings. The molecule has 1 aromatic heterocycles. The van der Waals surface area contributed by atoms with Crippen molar-refractivity contribution in [3.8, 4) is 0 Å². The highest BCUT2D eigenvalue weighted by atomic mass is 32.2. The third-order valence-electron chi connectivity index (χ3n) is 3.36. The second kappa shape index (κ2) is 5.94. The zero-order chi connectivity index (χ0) is 13.9. The van der Waals surface area contributed by atoms with Crippen LogP contribution in [0.3, 0.4) is 0 Å². The molecular formula is C12H18FN3O2S. The number of halogens is 1. The second-order valence-corrected chi connectivity index (χ2v) is 6.37. The standard InChI is InChI=1S/C12H18FN3O2S/c1-2-16-7-5-10(9-16)8-15-19(17,18)12-11(13)4-3-6-14-12/h3-4,6,10,15H,2,5,7-9H2,1H3. The Balaban J connectivity index is 1.97. The van der Waals surface area contributed by atoms with Crippen LogP contribution < -0.4 is 4.72 Å². The van der Waals surface area contributed by atoms with E-state index in [9.17, 15) is 12.8 Å². The molecule has 7 heteroatoms.